The van der Waals surface area contributed by atoms with Gasteiger partial charge >= 0.3 is 5.97 Å². The molecule has 0 aromatic carbocycles. The van der Waals surface area contributed by atoms with Crippen LogP contribution >= 0.6 is 0 Å². The molecule has 0 radical (unpaired) electrons. The zero-order valence-electron chi connectivity index (χ0n) is 10.9. The number of esters is 1. The summed E-state index contributed by atoms with van der Waals surface area (Å²) in [7, 11) is 1.74. The summed E-state index contributed by atoms with van der Waals surface area (Å²) in [5.41, 5.74) is 3.40. The number of carbonyl (C=O) groups is 1. The molecule has 0 rings (SSSR count). The van der Waals surface area contributed by atoms with Crippen molar-refractivity contribution in [2.75, 3.05) is 20.2 Å². The second-order valence-electron chi connectivity index (χ2n) is 3.30. The van der Waals surface area contributed by atoms with Crippen molar-refractivity contribution < 1.29 is 9.53 Å². The summed E-state index contributed by atoms with van der Waals surface area (Å²) in [6, 6.07) is 0. The number of nitrogens with one attached hydrogen (secondary N) is 3. The zero-order chi connectivity index (χ0) is 13.1. The topological polar surface area (TPSA) is 74.8 Å². The van der Waals surface area contributed by atoms with Gasteiger partial charge in [0.25, 0.3) is 0 Å². The van der Waals surface area contributed by atoms with Gasteiger partial charge in [-0.3, -0.25) is 10.7 Å². The fourth-order valence-electron chi connectivity index (χ4n) is 1.08. The van der Waals surface area contributed by atoms with Gasteiger partial charge in [-0.15, -0.1) is 0 Å². The van der Waals surface area contributed by atoms with Crippen LogP contribution in [0, 0.1) is 0 Å². The Labute approximate surface area is 102 Å². The molecular weight excluding hydrogens is 220 g/mol. The maximum absolute atomic E-state index is 11.5. The molecule has 17 heavy (non-hydrogen) atoms. The summed E-state index contributed by atoms with van der Waals surface area (Å²) < 4.78 is 4.93. The molecule has 0 amide bonds. The van der Waals surface area contributed by atoms with Crippen LogP contribution in [0.1, 0.15) is 20.8 Å². The molecule has 3 N–H and O–H groups in total. The summed E-state index contributed by atoms with van der Waals surface area (Å²) in [5.74, 6) is -0.319. The third-order valence-electron chi connectivity index (χ3n) is 1.85. The second-order valence-corrected chi connectivity index (χ2v) is 3.30. The SMILES string of the molecule is C/C=N\NC(C)NC/C(=C\NC)C(=O)OCC. The normalized spacial score (nSPS) is 13.5. The van der Waals surface area contributed by atoms with Crippen molar-refractivity contribution in [1.29, 1.82) is 0 Å². The van der Waals surface area contributed by atoms with Crippen molar-refractivity contribution in [1.82, 2.24) is 16.1 Å². The Morgan fingerprint density at radius 1 is 1.53 bits per heavy atom. The number of ether oxygens (including phenoxy) is 1. The van der Waals surface area contributed by atoms with Crippen molar-refractivity contribution in [3.8, 4) is 0 Å². The van der Waals surface area contributed by atoms with E-state index in [0.717, 1.165) is 0 Å². The number of rotatable bonds is 8. The monoisotopic (exact) mass is 242 g/mol. The largest absolute Gasteiger partial charge is 0.463 e. The first kappa shape index (κ1) is 15.4. The fraction of sp³-hybridized carbons (Fsp3) is 0.636. The molecule has 0 aliphatic carbocycles. The molecule has 0 heterocycles. The highest BCUT2D eigenvalue weighted by Gasteiger charge is 2.11. The van der Waals surface area contributed by atoms with E-state index >= 15 is 0 Å². The van der Waals surface area contributed by atoms with E-state index in [-0.39, 0.29) is 12.1 Å². The maximum Gasteiger partial charge on any atom is 0.336 e. The Kier molecular flexibility index (Phi) is 8.77. The quantitative estimate of drug-likeness (QED) is 0.186. The Morgan fingerprint density at radius 3 is 2.76 bits per heavy atom. The second kappa shape index (κ2) is 9.65. The van der Waals surface area contributed by atoms with Gasteiger partial charge in [-0.25, -0.2) is 4.79 Å². The van der Waals surface area contributed by atoms with E-state index in [2.05, 4.69) is 21.2 Å². The maximum atomic E-state index is 11.5. The minimum absolute atomic E-state index is 0.0270. The number of hydrogen-bond donors (Lipinski definition) is 3. The Hall–Kier alpha value is -1.56. The molecular formula is C11H22N4O2. The summed E-state index contributed by atoms with van der Waals surface area (Å²) >= 11 is 0. The molecule has 0 saturated heterocycles. The average molecular weight is 242 g/mol. The number of hydrazone groups is 1. The Balaban J connectivity index is 4.18. The van der Waals surface area contributed by atoms with Gasteiger partial charge in [0, 0.05) is 26.0 Å². The van der Waals surface area contributed by atoms with E-state index in [1.54, 1.807) is 26.4 Å². The van der Waals surface area contributed by atoms with Crippen molar-refractivity contribution >= 4 is 12.2 Å². The highest BCUT2D eigenvalue weighted by Crippen LogP contribution is 1.96. The van der Waals surface area contributed by atoms with E-state index in [9.17, 15) is 4.79 Å². The summed E-state index contributed by atoms with van der Waals surface area (Å²) in [5, 5.41) is 9.82. The third kappa shape index (κ3) is 7.35. The Morgan fingerprint density at radius 2 is 2.24 bits per heavy atom. The molecule has 0 bridgehead atoms. The summed E-state index contributed by atoms with van der Waals surface area (Å²) in [4.78, 5) is 11.5. The van der Waals surface area contributed by atoms with E-state index < -0.39 is 0 Å². The van der Waals surface area contributed by atoms with E-state index in [4.69, 9.17) is 4.74 Å². The van der Waals surface area contributed by atoms with Crippen LogP contribution in [-0.2, 0) is 9.53 Å². The van der Waals surface area contributed by atoms with Gasteiger partial charge < -0.3 is 10.1 Å². The lowest BCUT2D eigenvalue weighted by Gasteiger charge is -2.14. The molecule has 98 valence electrons. The minimum Gasteiger partial charge on any atom is -0.463 e. The average Bonchev–Trinajstić information content (AvgIpc) is 2.32. The van der Waals surface area contributed by atoms with Crippen LogP contribution in [0.4, 0.5) is 0 Å². The van der Waals surface area contributed by atoms with Crippen LogP contribution in [0.5, 0.6) is 0 Å². The third-order valence-corrected chi connectivity index (χ3v) is 1.85. The highest BCUT2D eigenvalue weighted by atomic mass is 16.5. The van der Waals surface area contributed by atoms with Gasteiger partial charge in [0.15, 0.2) is 0 Å². The predicted molar refractivity (Wildman–Crippen MR) is 68.5 cm³/mol. The zero-order valence-corrected chi connectivity index (χ0v) is 10.9. The van der Waals surface area contributed by atoms with Crippen LogP contribution in [0.15, 0.2) is 16.9 Å². The summed E-state index contributed by atoms with van der Waals surface area (Å²) in [6.07, 6.45) is 3.26. The molecule has 1 unspecified atom stereocenters. The first-order valence-electron chi connectivity index (χ1n) is 5.65. The molecule has 0 aliphatic rings. The molecule has 6 nitrogen and oxygen atoms in total. The van der Waals surface area contributed by atoms with Crippen molar-refractivity contribution in [3.05, 3.63) is 11.8 Å². The number of hydrogen-bond acceptors (Lipinski definition) is 6. The minimum atomic E-state index is -0.319. The molecule has 0 aromatic rings. The smallest absolute Gasteiger partial charge is 0.336 e. The van der Waals surface area contributed by atoms with Crippen LogP contribution in [-0.4, -0.2) is 38.5 Å². The summed E-state index contributed by atoms with van der Waals surface area (Å²) in [6.45, 7) is 6.29. The molecule has 1 atom stereocenters. The van der Waals surface area contributed by atoms with E-state index in [1.165, 1.54) is 0 Å². The van der Waals surface area contributed by atoms with Gasteiger partial charge in [-0.2, -0.15) is 5.10 Å². The van der Waals surface area contributed by atoms with Gasteiger partial charge in [0.2, 0.25) is 0 Å². The predicted octanol–water partition coefficient (Wildman–Crippen LogP) is 0.184. The van der Waals surface area contributed by atoms with Gasteiger partial charge in [-0.05, 0) is 20.8 Å². The molecule has 6 heteroatoms. The van der Waals surface area contributed by atoms with Crippen LogP contribution in [0.3, 0.4) is 0 Å². The highest BCUT2D eigenvalue weighted by molar-refractivity contribution is 5.88. The standard InChI is InChI=1S/C11H22N4O2/c1-5-14-15-9(3)13-8-10(7-12-4)11(16)17-6-2/h5,7,9,12-13,15H,6,8H2,1-4H3/b10-7+,14-5-. The van der Waals surface area contributed by atoms with E-state index in [0.29, 0.717) is 18.7 Å². The number of carbonyl (C=O) groups excluding carboxylic acids is 1. The lowest BCUT2D eigenvalue weighted by atomic mass is 10.3. The van der Waals surface area contributed by atoms with Crippen LogP contribution in [0.25, 0.3) is 0 Å². The lowest BCUT2D eigenvalue weighted by molar-refractivity contribution is -0.138. The molecule has 0 spiro atoms. The van der Waals surface area contributed by atoms with Crippen LogP contribution in [0.2, 0.25) is 0 Å². The molecule has 0 aromatic heterocycles. The van der Waals surface area contributed by atoms with Crippen molar-refractivity contribution in [2.24, 2.45) is 5.10 Å². The van der Waals surface area contributed by atoms with Gasteiger partial charge in [0.1, 0.15) is 0 Å². The molecule has 0 aliphatic heterocycles. The lowest BCUT2D eigenvalue weighted by Crippen LogP contribution is -2.39. The first-order valence-corrected chi connectivity index (χ1v) is 5.65. The Bertz CT molecular complexity index is 277. The molecule has 0 fully saturated rings. The van der Waals surface area contributed by atoms with Crippen LogP contribution < -0.4 is 16.1 Å². The number of nitrogens with zero attached hydrogens (tertiary/aromatic N) is 1. The van der Waals surface area contributed by atoms with Crippen molar-refractivity contribution in [2.45, 2.75) is 26.9 Å². The van der Waals surface area contributed by atoms with Crippen molar-refractivity contribution in [3.63, 3.8) is 0 Å². The van der Waals surface area contributed by atoms with E-state index in [1.807, 2.05) is 13.8 Å². The van der Waals surface area contributed by atoms with Gasteiger partial charge in [0.05, 0.1) is 18.3 Å². The molecule has 0 saturated carbocycles. The fourth-order valence-corrected chi connectivity index (χ4v) is 1.08. The first-order chi connectivity index (χ1) is 8.15. The van der Waals surface area contributed by atoms with Gasteiger partial charge in [-0.1, -0.05) is 0 Å².